The van der Waals surface area contributed by atoms with Gasteiger partial charge in [-0.1, -0.05) is 12.1 Å². The van der Waals surface area contributed by atoms with Crippen LogP contribution in [0.1, 0.15) is 28.9 Å². The standard InChI is InChI=1S/C19H22FN3O4/c1-12-14(11-22-23(12)17-5-3-2-4-16(17)20)18(24)21-10-15(19(25)26)13-6-8-27-9-7-13/h2-5,11,13,15H,6-10H2,1H3,(H,21,24)(H,25,26). The monoisotopic (exact) mass is 375 g/mol. The second-order valence-electron chi connectivity index (χ2n) is 6.61. The summed E-state index contributed by atoms with van der Waals surface area (Å²) in [5.74, 6) is -2.49. The zero-order valence-electron chi connectivity index (χ0n) is 15.0. The molecular formula is C19H22FN3O4. The van der Waals surface area contributed by atoms with Crippen molar-refractivity contribution in [3.05, 3.63) is 47.5 Å². The fraction of sp³-hybridized carbons (Fsp3) is 0.421. The molecule has 1 atom stereocenters. The van der Waals surface area contributed by atoms with Crippen LogP contribution in [0.3, 0.4) is 0 Å². The van der Waals surface area contributed by atoms with Crippen LogP contribution in [0.25, 0.3) is 5.69 Å². The second kappa shape index (κ2) is 8.30. The van der Waals surface area contributed by atoms with Crippen LogP contribution in [-0.2, 0) is 9.53 Å². The summed E-state index contributed by atoms with van der Waals surface area (Å²) >= 11 is 0. The van der Waals surface area contributed by atoms with Crippen molar-refractivity contribution in [3.8, 4) is 5.69 Å². The molecule has 27 heavy (non-hydrogen) atoms. The summed E-state index contributed by atoms with van der Waals surface area (Å²) in [5.41, 5.74) is 1.02. The molecule has 2 aromatic rings. The molecule has 0 aliphatic carbocycles. The van der Waals surface area contributed by atoms with E-state index in [-0.39, 0.29) is 23.7 Å². The van der Waals surface area contributed by atoms with Crippen molar-refractivity contribution in [1.82, 2.24) is 15.1 Å². The van der Waals surface area contributed by atoms with Crippen LogP contribution in [0.4, 0.5) is 4.39 Å². The van der Waals surface area contributed by atoms with E-state index >= 15 is 0 Å². The maximum Gasteiger partial charge on any atom is 0.308 e. The molecule has 1 fully saturated rings. The second-order valence-corrected chi connectivity index (χ2v) is 6.61. The normalized spacial score (nSPS) is 16.1. The van der Waals surface area contributed by atoms with Gasteiger partial charge in [0.2, 0.25) is 0 Å². The Kier molecular flexibility index (Phi) is 5.85. The highest BCUT2D eigenvalue weighted by molar-refractivity contribution is 5.95. The number of rotatable bonds is 6. The molecule has 0 bridgehead atoms. The number of hydrogen-bond donors (Lipinski definition) is 2. The lowest BCUT2D eigenvalue weighted by Crippen LogP contribution is -2.39. The van der Waals surface area contributed by atoms with Gasteiger partial charge in [-0.05, 0) is 37.8 Å². The molecule has 0 spiro atoms. The predicted octanol–water partition coefficient (Wildman–Crippen LogP) is 2.18. The Morgan fingerprint density at radius 1 is 1.37 bits per heavy atom. The number of carbonyl (C=O) groups excluding carboxylic acids is 1. The van der Waals surface area contributed by atoms with Gasteiger partial charge in [0.25, 0.3) is 5.91 Å². The number of halogens is 1. The highest BCUT2D eigenvalue weighted by atomic mass is 19.1. The number of ether oxygens (including phenoxy) is 1. The quantitative estimate of drug-likeness (QED) is 0.807. The highest BCUT2D eigenvalue weighted by Gasteiger charge is 2.30. The predicted molar refractivity (Wildman–Crippen MR) is 95.3 cm³/mol. The van der Waals surface area contributed by atoms with E-state index in [1.54, 1.807) is 25.1 Å². The van der Waals surface area contributed by atoms with Gasteiger partial charge >= 0.3 is 5.97 Å². The first kappa shape index (κ1) is 19.0. The van der Waals surface area contributed by atoms with Crippen molar-refractivity contribution in [3.63, 3.8) is 0 Å². The van der Waals surface area contributed by atoms with Crippen molar-refractivity contribution in [1.29, 1.82) is 0 Å². The fourth-order valence-corrected chi connectivity index (χ4v) is 3.37. The zero-order chi connectivity index (χ0) is 19.4. The molecule has 0 saturated carbocycles. The van der Waals surface area contributed by atoms with E-state index in [4.69, 9.17) is 4.74 Å². The number of hydrogen-bond acceptors (Lipinski definition) is 4. The minimum absolute atomic E-state index is 0.0289. The molecule has 1 saturated heterocycles. The third-order valence-electron chi connectivity index (χ3n) is 4.97. The van der Waals surface area contributed by atoms with E-state index in [1.165, 1.54) is 16.9 Å². The molecular weight excluding hydrogens is 353 g/mol. The molecule has 1 aliphatic rings. The van der Waals surface area contributed by atoms with Gasteiger partial charge in [0, 0.05) is 19.8 Å². The first-order valence-electron chi connectivity index (χ1n) is 8.87. The first-order valence-corrected chi connectivity index (χ1v) is 8.87. The van der Waals surface area contributed by atoms with Crippen LogP contribution in [-0.4, -0.2) is 46.5 Å². The molecule has 3 rings (SSSR count). The number of aromatic nitrogens is 2. The topological polar surface area (TPSA) is 93.5 Å². The van der Waals surface area contributed by atoms with Gasteiger partial charge in [-0.2, -0.15) is 5.10 Å². The third kappa shape index (κ3) is 4.16. The van der Waals surface area contributed by atoms with E-state index < -0.39 is 23.6 Å². The molecule has 1 amide bonds. The average molecular weight is 375 g/mol. The fourth-order valence-electron chi connectivity index (χ4n) is 3.37. The van der Waals surface area contributed by atoms with Crippen LogP contribution in [0.5, 0.6) is 0 Å². The molecule has 1 aliphatic heterocycles. The van der Waals surface area contributed by atoms with Crippen LogP contribution < -0.4 is 5.32 Å². The molecule has 2 heterocycles. The number of aliphatic carboxylic acids is 1. The molecule has 2 N–H and O–H groups in total. The lowest BCUT2D eigenvalue weighted by Gasteiger charge is -2.27. The van der Waals surface area contributed by atoms with Gasteiger partial charge in [0.05, 0.1) is 23.4 Å². The summed E-state index contributed by atoms with van der Waals surface area (Å²) in [7, 11) is 0. The lowest BCUT2D eigenvalue weighted by atomic mass is 9.86. The smallest absolute Gasteiger partial charge is 0.308 e. The van der Waals surface area contributed by atoms with Gasteiger partial charge < -0.3 is 15.2 Å². The Morgan fingerprint density at radius 2 is 2.07 bits per heavy atom. The van der Waals surface area contributed by atoms with E-state index in [9.17, 15) is 19.1 Å². The van der Waals surface area contributed by atoms with Crippen LogP contribution in [0, 0.1) is 24.6 Å². The summed E-state index contributed by atoms with van der Waals surface area (Å²) in [5, 5.41) is 16.3. The Hall–Kier alpha value is -2.74. The number of carboxylic acids is 1. The van der Waals surface area contributed by atoms with Gasteiger partial charge in [0.1, 0.15) is 11.5 Å². The van der Waals surface area contributed by atoms with Gasteiger partial charge in [-0.25, -0.2) is 9.07 Å². The van der Waals surface area contributed by atoms with Crippen molar-refractivity contribution in [2.24, 2.45) is 11.8 Å². The first-order chi connectivity index (χ1) is 13.0. The minimum atomic E-state index is -0.930. The van der Waals surface area contributed by atoms with Crippen molar-refractivity contribution < 1.29 is 23.8 Å². The molecule has 144 valence electrons. The lowest BCUT2D eigenvalue weighted by molar-refractivity contribution is -0.144. The molecule has 7 nitrogen and oxygen atoms in total. The largest absolute Gasteiger partial charge is 0.481 e. The van der Waals surface area contributed by atoms with Crippen LogP contribution in [0.15, 0.2) is 30.5 Å². The Labute approximate surface area is 156 Å². The third-order valence-corrected chi connectivity index (χ3v) is 4.97. The Balaban J connectivity index is 1.71. The number of para-hydroxylation sites is 1. The molecule has 1 aromatic carbocycles. The van der Waals surface area contributed by atoms with Crippen LogP contribution in [0.2, 0.25) is 0 Å². The number of benzene rings is 1. The van der Waals surface area contributed by atoms with E-state index in [2.05, 4.69) is 10.4 Å². The van der Waals surface area contributed by atoms with Crippen molar-refractivity contribution in [2.75, 3.05) is 19.8 Å². The van der Waals surface area contributed by atoms with Gasteiger partial charge in [-0.3, -0.25) is 9.59 Å². The molecule has 1 unspecified atom stereocenters. The summed E-state index contributed by atoms with van der Waals surface area (Å²) < 4.78 is 20.6. The van der Waals surface area contributed by atoms with Gasteiger partial charge in [0.15, 0.2) is 0 Å². The Bertz CT molecular complexity index is 830. The number of carbonyl (C=O) groups is 2. The minimum Gasteiger partial charge on any atom is -0.481 e. The molecule has 0 radical (unpaired) electrons. The van der Waals surface area contributed by atoms with Gasteiger partial charge in [-0.15, -0.1) is 0 Å². The summed E-state index contributed by atoms with van der Waals surface area (Å²) in [6.45, 7) is 2.78. The molecule has 8 heteroatoms. The number of nitrogens with zero attached hydrogens (tertiary/aromatic N) is 2. The zero-order valence-corrected chi connectivity index (χ0v) is 15.0. The van der Waals surface area contributed by atoms with Crippen molar-refractivity contribution >= 4 is 11.9 Å². The maximum absolute atomic E-state index is 14.0. The van der Waals surface area contributed by atoms with Crippen molar-refractivity contribution in [2.45, 2.75) is 19.8 Å². The summed E-state index contributed by atoms with van der Waals surface area (Å²) in [6, 6.07) is 6.16. The highest BCUT2D eigenvalue weighted by Crippen LogP contribution is 2.24. The van der Waals surface area contributed by atoms with E-state index in [0.717, 1.165) is 0 Å². The summed E-state index contributed by atoms with van der Waals surface area (Å²) in [4.78, 5) is 24.1. The average Bonchev–Trinajstić information content (AvgIpc) is 3.04. The SMILES string of the molecule is Cc1c(C(=O)NCC(C(=O)O)C2CCOCC2)cnn1-c1ccccc1F. The number of amides is 1. The Morgan fingerprint density at radius 3 is 2.74 bits per heavy atom. The molecule has 1 aromatic heterocycles. The summed E-state index contributed by atoms with van der Waals surface area (Å²) in [6.07, 6.45) is 2.69. The number of nitrogens with one attached hydrogen (secondary N) is 1. The van der Waals surface area contributed by atoms with E-state index in [1.807, 2.05) is 0 Å². The maximum atomic E-state index is 14.0. The van der Waals surface area contributed by atoms with E-state index in [0.29, 0.717) is 31.7 Å². The number of carboxylic acid groups (broad SMARTS) is 1. The van der Waals surface area contributed by atoms with Crippen LogP contribution >= 0.6 is 0 Å².